The lowest BCUT2D eigenvalue weighted by Gasteiger charge is -2.39. The molecule has 1 aliphatic heterocycles. The molecule has 0 aliphatic carbocycles. The van der Waals surface area contributed by atoms with Crippen LogP contribution in [-0.4, -0.2) is 55.7 Å². The zero-order chi connectivity index (χ0) is 23.6. The van der Waals surface area contributed by atoms with E-state index in [9.17, 15) is 0 Å². The first kappa shape index (κ1) is 24.7. The van der Waals surface area contributed by atoms with Crippen LogP contribution in [0, 0.1) is 0 Å². The summed E-state index contributed by atoms with van der Waals surface area (Å²) in [4.78, 5) is 5.08. The number of nitrogens with two attached hydrogens (primary N) is 1. The van der Waals surface area contributed by atoms with Crippen LogP contribution in [0.25, 0.3) is 0 Å². The average Bonchev–Trinajstić information content (AvgIpc) is 2.88. The lowest BCUT2D eigenvalue weighted by molar-refractivity contribution is 0.0977. The molecule has 0 amide bonds. The van der Waals surface area contributed by atoms with E-state index in [2.05, 4.69) is 76.5 Å². The highest BCUT2D eigenvalue weighted by Crippen LogP contribution is 2.30. The quantitative estimate of drug-likeness (QED) is 0.375. The first-order valence-corrected chi connectivity index (χ1v) is 12.8. The van der Waals surface area contributed by atoms with Gasteiger partial charge in [-0.15, -0.1) is 0 Å². The molecule has 1 heterocycles. The molecule has 4 rings (SSSR count). The lowest BCUT2D eigenvalue weighted by atomic mass is 9.96. The molecule has 5 heteroatoms. The van der Waals surface area contributed by atoms with Gasteiger partial charge in [0, 0.05) is 37.7 Å². The topological polar surface area (TPSA) is 41.7 Å². The summed E-state index contributed by atoms with van der Waals surface area (Å²) in [7, 11) is 0. The fourth-order valence-corrected chi connectivity index (χ4v) is 4.78. The van der Waals surface area contributed by atoms with E-state index in [0.717, 1.165) is 69.3 Å². The van der Waals surface area contributed by atoms with E-state index >= 15 is 0 Å². The van der Waals surface area contributed by atoms with Crippen molar-refractivity contribution < 1.29 is 4.74 Å². The Morgan fingerprint density at radius 3 is 2.15 bits per heavy atom. The minimum Gasteiger partial charge on any atom is -0.492 e. The van der Waals surface area contributed by atoms with Gasteiger partial charge in [-0.3, -0.25) is 9.80 Å². The molecule has 0 spiro atoms. The molecule has 2 N–H and O–H groups in total. The SMILES string of the molecule is NCCCCc1ccc(OCCN2CCN(C(c3ccccc3)c3ccc(Cl)cc3)CC2)cc1. The van der Waals surface area contributed by atoms with E-state index in [1.807, 2.05) is 12.1 Å². The number of ether oxygens (including phenoxy) is 1. The van der Waals surface area contributed by atoms with Crippen LogP contribution in [0.4, 0.5) is 0 Å². The largest absolute Gasteiger partial charge is 0.492 e. The Bertz CT molecular complexity index is 971. The van der Waals surface area contributed by atoms with Crippen LogP contribution in [0.15, 0.2) is 78.9 Å². The Labute approximate surface area is 209 Å². The molecule has 1 fully saturated rings. The van der Waals surface area contributed by atoms with Gasteiger partial charge in [0.15, 0.2) is 0 Å². The number of unbranched alkanes of at least 4 members (excludes halogenated alkanes) is 1. The van der Waals surface area contributed by atoms with Gasteiger partial charge in [-0.05, 0) is 66.8 Å². The van der Waals surface area contributed by atoms with Gasteiger partial charge in [0.1, 0.15) is 12.4 Å². The summed E-state index contributed by atoms with van der Waals surface area (Å²) < 4.78 is 6.03. The van der Waals surface area contributed by atoms with E-state index in [4.69, 9.17) is 22.1 Å². The Hall–Kier alpha value is -2.37. The number of benzene rings is 3. The molecule has 1 aliphatic rings. The molecular weight excluding hydrogens is 442 g/mol. The summed E-state index contributed by atoms with van der Waals surface area (Å²) in [5, 5.41) is 0.779. The van der Waals surface area contributed by atoms with E-state index in [0.29, 0.717) is 6.61 Å². The second-order valence-corrected chi connectivity index (χ2v) is 9.42. The van der Waals surface area contributed by atoms with Crippen molar-refractivity contribution >= 4 is 11.6 Å². The van der Waals surface area contributed by atoms with Crippen LogP contribution in [0.1, 0.15) is 35.6 Å². The molecular formula is C29H36ClN3O. The molecule has 1 unspecified atom stereocenters. The van der Waals surface area contributed by atoms with Crippen LogP contribution < -0.4 is 10.5 Å². The van der Waals surface area contributed by atoms with Crippen molar-refractivity contribution in [2.75, 3.05) is 45.9 Å². The van der Waals surface area contributed by atoms with Gasteiger partial charge in [-0.1, -0.05) is 66.2 Å². The van der Waals surface area contributed by atoms with Gasteiger partial charge in [-0.2, -0.15) is 0 Å². The summed E-state index contributed by atoms with van der Waals surface area (Å²) in [5.74, 6) is 0.952. The molecule has 4 nitrogen and oxygen atoms in total. The van der Waals surface area contributed by atoms with E-state index < -0.39 is 0 Å². The van der Waals surface area contributed by atoms with Crippen LogP contribution in [0.5, 0.6) is 5.75 Å². The zero-order valence-corrected chi connectivity index (χ0v) is 20.7. The number of aryl methyl sites for hydroxylation is 1. The molecule has 0 aromatic heterocycles. The lowest BCUT2D eigenvalue weighted by Crippen LogP contribution is -2.48. The Kier molecular flexibility index (Phi) is 9.40. The molecule has 3 aromatic carbocycles. The number of hydrogen-bond donors (Lipinski definition) is 1. The van der Waals surface area contributed by atoms with Crippen molar-refractivity contribution in [1.82, 2.24) is 9.80 Å². The highest BCUT2D eigenvalue weighted by atomic mass is 35.5. The van der Waals surface area contributed by atoms with Crippen molar-refractivity contribution in [1.29, 1.82) is 0 Å². The van der Waals surface area contributed by atoms with Gasteiger partial charge in [-0.25, -0.2) is 0 Å². The Morgan fingerprint density at radius 1 is 0.794 bits per heavy atom. The molecule has 0 radical (unpaired) electrons. The summed E-state index contributed by atoms with van der Waals surface area (Å²) in [6.45, 7) is 6.57. The van der Waals surface area contributed by atoms with E-state index in [1.54, 1.807) is 0 Å². The maximum atomic E-state index is 6.16. The monoisotopic (exact) mass is 477 g/mol. The minimum atomic E-state index is 0.250. The number of halogens is 1. The second-order valence-electron chi connectivity index (χ2n) is 8.98. The fraction of sp³-hybridized carbons (Fsp3) is 0.379. The van der Waals surface area contributed by atoms with Gasteiger partial charge >= 0.3 is 0 Å². The normalized spacial score (nSPS) is 15.8. The summed E-state index contributed by atoms with van der Waals surface area (Å²) in [5.41, 5.74) is 9.55. The predicted molar refractivity (Wildman–Crippen MR) is 142 cm³/mol. The first-order valence-electron chi connectivity index (χ1n) is 12.4. The molecule has 0 saturated carbocycles. The van der Waals surface area contributed by atoms with Crippen molar-refractivity contribution in [3.05, 3.63) is 101 Å². The van der Waals surface area contributed by atoms with Crippen molar-refractivity contribution in [3.8, 4) is 5.75 Å². The summed E-state index contributed by atoms with van der Waals surface area (Å²) in [6.07, 6.45) is 3.31. The summed E-state index contributed by atoms with van der Waals surface area (Å²) >= 11 is 6.16. The van der Waals surface area contributed by atoms with Gasteiger partial charge < -0.3 is 10.5 Å². The molecule has 3 aromatic rings. The third-order valence-corrected chi connectivity index (χ3v) is 6.84. The molecule has 0 bridgehead atoms. The van der Waals surface area contributed by atoms with Crippen LogP contribution in [-0.2, 0) is 6.42 Å². The van der Waals surface area contributed by atoms with Gasteiger partial charge in [0.2, 0.25) is 0 Å². The summed E-state index contributed by atoms with van der Waals surface area (Å²) in [6, 6.07) is 27.8. The van der Waals surface area contributed by atoms with Gasteiger partial charge in [0.05, 0.1) is 6.04 Å². The first-order chi connectivity index (χ1) is 16.7. The standard InChI is InChI=1S/C29H36ClN3O/c30-27-13-11-26(12-14-27)29(25-7-2-1-3-8-25)33-20-18-32(19-21-33)22-23-34-28-15-9-24(10-16-28)6-4-5-17-31/h1-3,7-16,29H,4-6,17-23,31H2. The van der Waals surface area contributed by atoms with E-state index in [-0.39, 0.29) is 6.04 Å². The van der Waals surface area contributed by atoms with Crippen molar-refractivity contribution in [2.45, 2.75) is 25.3 Å². The smallest absolute Gasteiger partial charge is 0.119 e. The number of nitrogens with zero attached hydrogens (tertiary/aromatic N) is 2. The Balaban J connectivity index is 1.27. The molecule has 34 heavy (non-hydrogen) atoms. The van der Waals surface area contributed by atoms with Crippen LogP contribution in [0.2, 0.25) is 5.02 Å². The van der Waals surface area contributed by atoms with Gasteiger partial charge in [0.25, 0.3) is 0 Å². The Morgan fingerprint density at radius 2 is 1.47 bits per heavy atom. The third-order valence-electron chi connectivity index (χ3n) is 6.59. The predicted octanol–water partition coefficient (Wildman–Crippen LogP) is 5.41. The maximum Gasteiger partial charge on any atom is 0.119 e. The number of hydrogen-bond acceptors (Lipinski definition) is 4. The minimum absolute atomic E-state index is 0.250. The fourth-order valence-electron chi connectivity index (χ4n) is 4.66. The number of rotatable bonds is 11. The maximum absolute atomic E-state index is 6.16. The van der Waals surface area contributed by atoms with Crippen LogP contribution in [0.3, 0.4) is 0 Å². The van der Waals surface area contributed by atoms with Crippen molar-refractivity contribution in [2.24, 2.45) is 5.73 Å². The highest BCUT2D eigenvalue weighted by molar-refractivity contribution is 6.30. The second kappa shape index (κ2) is 12.9. The zero-order valence-electron chi connectivity index (χ0n) is 19.9. The molecule has 180 valence electrons. The molecule has 1 saturated heterocycles. The average molecular weight is 478 g/mol. The molecule has 1 atom stereocenters. The van der Waals surface area contributed by atoms with E-state index in [1.165, 1.54) is 16.7 Å². The van der Waals surface area contributed by atoms with Crippen LogP contribution >= 0.6 is 11.6 Å². The highest BCUT2D eigenvalue weighted by Gasteiger charge is 2.26. The third kappa shape index (κ3) is 7.07. The number of piperazine rings is 1. The van der Waals surface area contributed by atoms with Crippen molar-refractivity contribution in [3.63, 3.8) is 0 Å².